The third-order valence-electron chi connectivity index (χ3n) is 3.83. The zero-order valence-corrected chi connectivity index (χ0v) is 12.4. The summed E-state index contributed by atoms with van der Waals surface area (Å²) in [4.78, 5) is 11.9. The van der Waals surface area contributed by atoms with Gasteiger partial charge in [0.05, 0.1) is 5.56 Å². The molecule has 0 aliphatic carbocycles. The topological polar surface area (TPSA) is 48.0 Å². The summed E-state index contributed by atoms with van der Waals surface area (Å²) < 4.78 is 2.21. The molecule has 0 spiro atoms. The summed E-state index contributed by atoms with van der Waals surface area (Å²) in [5, 5.41) is 0. The van der Waals surface area contributed by atoms with Gasteiger partial charge in [0.2, 0.25) is 0 Å². The number of amides is 1. The second-order valence-corrected chi connectivity index (χ2v) is 5.16. The Bertz CT molecular complexity index is 612. The summed E-state index contributed by atoms with van der Waals surface area (Å²) in [7, 11) is 0. The normalized spacial score (nSPS) is 10.8. The largest absolute Gasteiger partial charge is 0.366 e. The molecule has 2 rings (SSSR count). The Morgan fingerprint density at radius 2 is 1.80 bits per heavy atom. The number of nitrogens with two attached hydrogens (primary N) is 1. The number of aromatic nitrogens is 1. The number of unbranched alkanes of at least 4 members (excludes halogenated alkanes) is 1. The number of nitrogens with zero attached hydrogens (tertiary/aromatic N) is 1. The molecule has 1 heterocycles. The van der Waals surface area contributed by atoms with Crippen LogP contribution in [-0.2, 0) is 6.54 Å². The molecule has 106 valence electrons. The van der Waals surface area contributed by atoms with Crippen LogP contribution < -0.4 is 5.73 Å². The zero-order valence-electron chi connectivity index (χ0n) is 12.4. The van der Waals surface area contributed by atoms with Crippen molar-refractivity contribution in [2.24, 2.45) is 5.73 Å². The molecule has 1 aromatic carbocycles. The fourth-order valence-corrected chi connectivity index (χ4v) is 2.79. The van der Waals surface area contributed by atoms with Gasteiger partial charge in [-0.05, 0) is 25.8 Å². The minimum absolute atomic E-state index is 0.347. The quantitative estimate of drug-likeness (QED) is 0.885. The summed E-state index contributed by atoms with van der Waals surface area (Å²) in [6.07, 6.45) is 2.23. The highest BCUT2D eigenvalue weighted by Crippen LogP contribution is 2.32. The molecule has 0 fully saturated rings. The Hall–Kier alpha value is -2.03. The van der Waals surface area contributed by atoms with Gasteiger partial charge in [0, 0.05) is 23.5 Å². The van der Waals surface area contributed by atoms with Crippen LogP contribution in [0.15, 0.2) is 30.3 Å². The Labute approximate surface area is 120 Å². The molecular formula is C17H22N2O. The maximum atomic E-state index is 11.9. The third kappa shape index (κ3) is 2.48. The first-order valence-corrected chi connectivity index (χ1v) is 7.12. The lowest BCUT2D eigenvalue weighted by Gasteiger charge is -2.08. The maximum absolute atomic E-state index is 11.9. The van der Waals surface area contributed by atoms with E-state index in [1.807, 2.05) is 37.3 Å². The van der Waals surface area contributed by atoms with Crippen LogP contribution in [-0.4, -0.2) is 10.5 Å². The van der Waals surface area contributed by atoms with Crippen molar-refractivity contribution in [3.63, 3.8) is 0 Å². The molecule has 20 heavy (non-hydrogen) atoms. The van der Waals surface area contributed by atoms with Gasteiger partial charge in [0.25, 0.3) is 5.91 Å². The molecule has 0 radical (unpaired) electrons. The number of primary amides is 1. The van der Waals surface area contributed by atoms with Crippen LogP contribution in [0.1, 0.15) is 41.5 Å². The maximum Gasteiger partial charge on any atom is 0.251 e. The van der Waals surface area contributed by atoms with E-state index in [1.165, 1.54) is 0 Å². The van der Waals surface area contributed by atoms with Crippen molar-refractivity contribution in [2.75, 3.05) is 0 Å². The van der Waals surface area contributed by atoms with Gasteiger partial charge in [-0.15, -0.1) is 0 Å². The van der Waals surface area contributed by atoms with Gasteiger partial charge in [-0.1, -0.05) is 43.7 Å². The minimum atomic E-state index is -0.347. The summed E-state index contributed by atoms with van der Waals surface area (Å²) >= 11 is 0. The van der Waals surface area contributed by atoms with Gasteiger partial charge in [-0.3, -0.25) is 4.79 Å². The molecule has 0 saturated heterocycles. The lowest BCUT2D eigenvalue weighted by Crippen LogP contribution is -2.13. The average Bonchev–Trinajstić information content (AvgIpc) is 2.69. The number of hydrogen-bond acceptors (Lipinski definition) is 1. The molecule has 1 amide bonds. The van der Waals surface area contributed by atoms with Crippen molar-refractivity contribution >= 4 is 5.91 Å². The van der Waals surface area contributed by atoms with Gasteiger partial charge in [0.1, 0.15) is 0 Å². The summed E-state index contributed by atoms with van der Waals surface area (Å²) in [5.74, 6) is -0.347. The van der Waals surface area contributed by atoms with Crippen molar-refractivity contribution in [3.05, 3.63) is 47.3 Å². The summed E-state index contributed by atoms with van der Waals surface area (Å²) in [6.45, 7) is 7.15. The molecule has 1 aromatic heterocycles. The molecular weight excluding hydrogens is 248 g/mol. The molecule has 3 heteroatoms. The highest BCUT2D eigenvalue weighted by molar-refractivity contribution is 6.02. The third-order valence-corrected chi connectivity index (χ3v) is 3.83. The minimum Gasteiger partial charge on any atom is -0.366 e. The Morgan fingerprint density at radius 1 is 1.15 bits per heavy atom. The smallest absolute Gasteiger partial charge is 0.251 e. The number of hydrogen-bond donors (Lipinski definition) is 1. The summed E-state index contributed by atoms with van der Waals surface area (Å²) in [6, 6.07) is 10.00. The predicted molar refractivity (Wildman–Crippen MR) is 82.8 cm³/mol. The Kier molecular flexibility index (Phi) is 4.28. The molecule has 2 aromatic rings. The van der Waals surface area contributed by atoms with E-state index in [4.69, 9.17) is 5.73 Å². The van der Waals surface area contributed by atoms with E-state index in [2.05, 4.69) is 18.4 Å². The van der Waals surface area contributed by atoms with Gasteiger partial charge >= 0.3 is 0 Å². The lowest BCUT2D eigenvalue weighted by atomic mass is 10.0. The first-order chi connectivity index (χ1) is 9.57. The fraction of sp³-hybridized carbons (Fsp3) is 0.353. The van der Waals surface area contributed by atoms with Crippen molar-refractivity contribution in [1.29, 1.82) is 0 Å². The van der Waals surface area contributed by atoms with Gasteiger partial charge in [-0.25, -0.2) is 0 Å². The SMILES string of the molecule is CCCCn1c(C)c(C(N)=O)c(-c2ccccc2)c1C. The average molecular weight is 270 g/mol. The number of carbonyl (C=O) groups excluding carboxylic acids is 1. The van der Waals surface area contributed by atoms with E-state index < -0.39 is 0 Å². The fourth-order valence-electron chi connectivity index (χ4n) is 2.79. The monoisotopic (exact) mass is 270 g/mol. The van der Waals surface area contributed by atoms with Crippen molar-refractivity contribution < 1.29 is 4.79 Å². The molecule has 0 aliphatic heterocycles. The van der Waals surface area contributed by atoms with Gasteiger partial charge in [-0.2, -0.15) is 0 Å². The highest BCUT2D eigenvalue weighted by atomic mass is 16.1. The van der Waals surface area contributed by atoms with Crippen LogP contribution in [0.25, 0.3) is 11.1 Å². The highest BCUT2D eigenvalue weighted by Gasteiger charge is 2.21. The predicted octanol–water partition coefficient (Wildman–Crippen LogP) is 3.67. The first-order valence-electron chi connectivity index (χ1n) is 7.12. The van der Waals surface area contributed by atoms with E-state index in [-0.39, 0.29) is 5.91 Å². The van der Waals surface area contributed by atoms with E-state index in [9.17, 15) is 4.79 Å². The van der Waals surface area contributed by atoms with Crippen molar-refractivity contribution in [3.8, 4) is 11.1 Å². The van der Waals surface area contributed by atoms with Crippen molar-refractivity contribution in [2.45, 2.75) is 40.2 Å². The van der Waals surface area contributed by atoms with Crippen LogP contribution in [0.3, 0.4) is 0 Å². The van der Waals surface area contributed by atoms with Gasteiger partial charge in [0.15, 0.2) is 0 Å². The number of carbonyl (C=O) groups is 1. The Morgan fingerprint density at radius 3 is 2.35 bits per heavy atom. The lowest BCUT2D eigenvalue weighted by molar-refractivity contribution is 0.1000. The van der Waals surface area contributed by atoms with Crippen LogP contribution in [0.4, 0.5) is 0 Å². The van der Waals surface area contributed by atoms with Crippen LogP contribution in [0.2, 0.25) is 0 Å². The van der Waals surface area contributed by atoms with Gasteiger partial charge < -0.3 is 10.3 Å². The van der Waals surface area contributed by atoms with E-state index in [1.54, 1.807) is 0 Å². The number of benzene rings is 1. The van der Waals surface area contributed by atoms with E-state index in [0.717, 1.165) is 41.9 Å². The molecule has 2 N–H and O–H groups in total. The molecule has 0 atom stereocenters. The summed E-state index contributed by atoms with van der Waals surface area (Å²) in [5.41, 5.74) is 10.4. The van der Waals surface area contributed by atoms with Crippen LogP contribution >= 0.6 is 0 Å². The van der Waals surface area contributed by atoms with Crippen LogP contribution in [0.5, 0.6) is 0 Å². The zero-order chi connectivity index (χ0) is 14.7. The Balaban J connectivity index is 2.63. The molecule has 0 saturated carbocycles. The first kappa shape index (κ1) is 14.4. The second kappa shape index (κ2) is 5.95. The number of rotatable bonds is 5. The molecule has 3 nitrogen and oxygen atoms in total. The molecule has 0 bridgehead atoms. The van der Waals surface area contributed by atoms with E-state index in [0.29, 0.717) is 5.56 Å². The standard InChI is InChI=1S/C17H22N2O/c1-4-5-11-19-12(2)15(14-9-7-6-8-10-14)16(13(19)3)17(18)20/h6-10H,4-5,11H2,1-3H3,(H2,18,20). The molecule has 0 unspecified atom stereocenters. The molecule has 0 aliphatic rings. The van der Waals surface area contributed by atoms with Crippen LogP contribution in [0, 0.1) is 13.8 Å². The van der Waals surface area contributed by atoms with E-state index >= 15 is 0 Å². The van der Waals surface area contributed by atoms with Crippen molar-refractivity contribution in [1.82, 2.24) is 4.57 Å². The second-order valence-electron chi connectivity index (χ2n) is 5.16.